The molecule has 0 aliphatic carbocycles. The summed E-state index contributed by atoms with van der Waals surface area (Å²) in [4.78, 5) is 8.50. The van der Waals surface area contributed by atoms with Crippen molar-refractivity contribution in [3.05, 3.63) is 17.5 Å². The summed E-state index contributed by atoms with van der Waals surface area (Å²) in [5, 5.41) is 2.07. The highest BCUT2D eigenvalue weighted by molar-refractivity contribution is 5.22. The highest BCUT2D eigenvalue weighted by Gasteiger charge is 2.20. The van der Waals surface area contributed by atoms with Crippen LogP contribution in [0.2, 0.25) is 0 Å². The molecular weight excluding hydrogens is 208 g/mol. The van der Waals surface area contributed by atoms with Gasteiger partial charge >= 0.3 is 6.01 Å². The molecule has 0 spiro atoms. The first kappa shape index (κ1) is 11.3. The SMILES string of the molecule is CNN1Cc2cnc(OCCOC)nc2C1. The molecule has 6 heteroatoms. The largest absolute Gasteiger partial charge is 0.461 e. The Morgan fingerprint density at radius 2 is 2.31 bits per heavy atom. The number of nitrogens with one attached hydrogen (secondary N) is 1. The fraction of sp³-hybridized carbons (Fsp3) is 0.600. The Morgan fingerprint density at radius 1 is 1.44 bits per heavy atom. The van der Waals surface area contributed by atoms with Crippen molar-refractivity contribution in [2.45, 2.75) is 13.1 Å². The maximum atomic E-state index is 5.35. The van der Waals surface area contributed by atoms with Crippen LogP contribution < -0.4 is 10.2 Å². The van der Waals surface area contributed by atoms with Gasteiger partial charge in [0.05, 0.1) is 18.8 Å². The molecule has 1 N–H and O–H groups in total. The molecule has 0 aromatic carbocycles. The van der Waals surface area contributed by atoms with E-state index >= 15 is 0 Å². The number of rotatable bonds is 5. The lowest BCUT2D eigenvalue weighted by Crippen LogP contribution is -2.29. The highest BCUT2D eigenvalue weighted by Crippen LogP contribution is 2.19. The van der Waals surface area contributed by atoms with Gasteiger partial charge in [-0.1, -0.05) is 0 Å². The minimum absolute atomic E-state index is 0.425. The van der Waals surface area contributed by atoms with Crippen LogP contribution in [-0.4, -0.2) is 42.3 Å². The van der Waals surface area contributed by atoms with E-state index in [1.807, 2.05) is 13.2 Å². The molecule has 2 rings (SSSR count). The zero-order valence-corrected chi connectivity index (χ0v) is 9.56. The molecule has 1 aliphatic heterocycles. The molecule has 1 aliphatic rings. The predicted octanol–water partition coefficient (Wildman–Crippen LogP) is -0.0482. The van der Waals surface area contributed by atoms with Crippen molar-refractivity contribution >= 4 is 0 Å². The molecule has 0 amide bonds. The van der Waals surface area contributed by atoms with E-state index in [0.717, 1.165) is 24.3 Å². The van der Waals surface area contributed by atoms with Crippen LogP contribution in [0.3, 0.4) is 0 Å². The Kier molecular flexibility index (Phi) is 3.66. The Hall–Kier alpha value is -1.24. The second-order valence-corrected chi connectivity index (χ2v) is 3.55. The summed E-state index contributed by atoms with van der Waals surface area (Å²) >= 11 is 0. The molecule has 1 aromatic rings. The summed E-state index contributed by atoms with van der Waals surface area (Å²) in [6.45, 7) is 2.65. The van der Waals surface area contributed by atoms with Gasteiger partial charge in [-0.05, 0) is 7.05 Å². The average Bonchev–Trinajstić information content (AvgIpc) is 2.71. The van der Waals surface area contributed by atoms with Gasteiger partial charge in [-0.15, -0.1) is 0 Å². The number of hydrogen-bond donors (Lipinski definition) is 1. The number of aromatic nitrogens is 2. The zero-order valence-electron chi connectivity index (χ0n) is 9.56. The van der Waals surface area contributed by atoms with Crippen LogP contribution in [0.5, 0.6) is 6.01 Å². The Balaban J connectivity index is 1.98. The molecule has 88 valence electrons. The van der Waals surface area contributed by atoms with Crippen molar-refractivity contribution in [1.29, 1.82) is 0 Å². The predicted molar refractivity (Wildman–Crippen MR) is 57.7 cm³/mol. The van der Waals surface area contributed by atoms with E-state index in [-0.39, 0.29) is 0 Å². The van der Waals surface area contributed by atoms with Crippen molar-refractivity contribution < 1.29 is 9.47 Å². The second-order valence-electron chi connectivity index (χ2n) is 3.55. The number of nitrogens with zero attached hydrogens (tertiary/aromatic N) is 3. The van der Waals surface area contributed by atoms with Gasteiger partial charge in [0.2, 0.25) is 0 Å². The smallest absolute Gasteiger partial charge is 0.316 e. The minimum atomic E-state index is 0.425. The molecular formula is C10H16N4O2. The summed E-state index contributed by atoms with van der Waals surface area (Å²) in [7, 11) is 3.53. The molecule has 0 atom stereocenters. The van der Waals surface area contributed by atoms with Gasteiger partial charge in [-0.3, -0.25) is 5.43 Å². The van der Waals surface area contributed by atoms with Gasteiger partial charge in [0.25, 0.3) is 0 Å². The number of hydrogen-bond acceptors (Lipinski definition) is 6. The summed E-state index contributed by atoms with van der Waals surface area (Å²) in [6.07, 6.45) is 1.82. The van der Waals surface area contributed by atoms with E-state index in [2.05, 4.69) is 20.4 Å². The molecule has 0 radical (unpaired) electrons. The first-order valence-electron chi connectivity index (χ1n) is 5.22. The first-order valence-corrected chi connectivity index (χ1v) is 5.22. The molecule has 6 nitrogen and oxygen atoms in total. The molecule has 0 saturated carbocycles. The quantitative estimate of drug-likeness (QED) is 0.708. The maximum Gasteiger partial charge on any atom is 0.316 e. The van der Waals surface area contributed by atoms with Crippen molar-refractivity contribution in [2.24, 2.45) is 0 Å². The van der Waals surface area contributed by atoms with Crippen LogP contribution >= 0.6 is 0 Å². The van der Waals surface area contributed by atoms with Crippen molar-refractivity contribution in [1.82, 2.24) is 20.4 Å². The van der Waals surface area contributed by atoms with E-state index in [1.165, 1.54) is 0 Å². The molecule has 2 heterocycles. The van der Waals surface area contributed by atoms with Crippen LogP contribution in [0.1, 0.15) is 11.3 Å². The second kappa shape index (κ2) is 5.20. The summed E-state index contributed by atoms with van der Waals surface area (Å²) < 4.78 is 10.2. The number of fused-ring (bicyclic) bond motifs is 1. The molecule has 0 fully saturated rings. The van der Waals surface area contributed by atoms with E-state index in [1.54, 1.807) is 7.11 Å². The number of ether oxygens (including phenoxy) is 2. The van der Waals surface area contributed by atoms with Gasteiger partial charge in [0.1, 0.15) is 6.61 Å². The van der Waals surface area contributed by atoms with Crippen molar-refractivity contribution in [2.75, 3.05) is 27.4 Å². The first-order chi connectivity index (χ1) is 7.83. The van der Waals surface area contributed by atoms with Crippen LogP contribution in [0.25, 0.3) is 0 Å². The Bertz CT molecular complexity index is 359. The lowest BCUT2D eigenvalue weighted by molar-refractivity contribution is 0.140. The topological polar surface area (TPSA) is 59.5 Å². The van der Waals surface area contributed by atoms with Gasteiger partial charge in [0.15, 0.2) is 0 Å². The van der Waals surface area contributed by atoms with Gasteiger partial charge in [0, 0.05) is 25.4 Å². The fourth-order valence-electron chi connectivity index (χ4n) is 1.58. The number of hydrazine groups is 1. The van der Waals surface area contributed by atoms with E-state index < -0.39 is 0 Å². The van der Waals surface area contributed by atoms with Crippen molar-refractivity contribution in [3.8, 4) is 6.01 Å². The maximum absolute atomic E-state index is 5.35. The summed E-state index contributed by atoms with van der Waals surface area (Å²) in [5.41, 5.74) is 5.26. The molecule has 16 heavy (non-hydrogen) atoms. The van der Waals surface area contributed by atoms with Crippen LogP contribution in [0.4, 0.5) is 0 Å². The van der Waals surface area contributed by atoms with Crippen LogP contribution in [0, 0.1) is 0 Å². The van der Waals surface area contributed by atoms with E-state index in [4.69, 9.17) is 9.47 Å². The highest BCUT2D eigenvalue weighted by atomic mass is 16.5. The monoisotopic (exact) mass is 224 g/mol. The van der Waals surface area contributed by atoms with E-state index in [9.17, 15) is 0 Å². The fourth-order valence-corrected chi connectivity index (χ4v) is 1.58. The molecule has 0 bridgehead atoms. The normalized spacial score (nSPS) is 15.1. The third kappa shape index (κ3) is 2.46. The standard InChI is InChI=1S/C10H16N4O2/c1-11-14-6-8-5-12-10(13-9(8)7-14)16-4-3-15-2/h5,11H,3-4,6-7H2,1-2H3. The molecule has 1 aromatic heterocycles. The van der Waals surface area contributed by atoms with E-state index in [0.29, 0.717) is 19.2 Å². The summed E-state index contributed by atoms with van der Waals surface area (Å²) in [6, 6.07) is 0.425. The zero-order chi connectivity index (χ0) is 11.4. The van der Waals surface area contributed by atoms with Gasteiger partial charge in [-0.2, -0.15) is 4.98 Å². The minimum Gasteiger partial charge on any atom is -0.461 e. The summed E-state index contributed by atoms with van der Waals surface area (Å²) in [5.74, 6) is 0. The van der Waals surface area contributed by atoms with Gasteiger partial charge < -0.3 is 9.47 Å². The van der Waals surface area contributed by atoms with Crippen LogP contribution in [0.15, 0.2) is 6.20 Å². The van der Waals surface area contributed by atoms with Gasteiger partial charge in [-0.25, -0.2) is 9.99 Å². The van der Waals surface area contributed by atoms with Crippen LogP contribution in [-0.2, 0) is 17.8 Å². The lowest BCUT2D eigenvalue weighted by Gasteiger charge is -2.10. The third-order valence-corrected chi connectivity index (χ3v) is 2.47. The molecule has 0 unspecified atom stereocenters. The van der Waals surface area contributed by atoms with Crippen molar-refractivity contribution in [3.63, 3.8) is 0 Å². The number of methoxy groups -OCH3 is 1. The third-order valence-electron chi connectivity index (χ3n) is 2.47. The lowest BCUT2D eigenvalue weighted by atomic mass is 10.3. The Morgan fingerprint density at radius 3 is 3.06 bits per heavy atom. The average molecular weight is 224 g/mol. The molecule has 0 saturated heterocycles. The Labute approximate surface area is 94.6 Å².